The van der Waals surface area contributed by atoms with Crippen molar-refractivity contribution in [3.05, 3.63) is 211 Å². The Morgan fingerprint density at radius 3 is 1.89 bits per heavy atom. The molecule has 0 spiro atoms. The van der Waals surface area contributed by atoms with Crippen molar-refractivity contribution in [2.24, 2.45) is 9.98 Å². The summed E-state index contributed by atoms with van der Waals surface area (Å²) in [5.74, 6) is 1.32. The highest BCUT2D eigenvalue weighted by Crippen LogP contribution is 2.43. The van der Waals surface area contributed by atoms with Gasteiger partial charge in [0.1, 0.15) is 34.3 Å². The van der Waals surface area contributed by atoms with Crippen molar-refractivity contribution in [1.29, 1.82) is 0 Å². The van der Waals surface area contributed by atoms with E-state index < -0.39 is 6.17 Å². The van der Waals surface area contributed by atoms with Gasteiger partial charge in [-0.05, 0) is 81.0 Å². The van der Waals surface area contributed by atoms with Crippen LogP contribution in [0.2, 0.25) is 0 Å². The summed E-state index contributed by atoms with van der Waals surface area (Å²) in [6.07, 6.45) is -0.441. The Hall–Kier alpha value is -8.48. The van der Waals surface area contributed by atoms with Crippen molar-refractivity contribution >= 4 is 110 Å². The van der Waals surface area contributed by atoms with E-state index in [0.717, 1.165) is 82.7 Å². The first-order valence-electron chi connectivity index (χ1n) is 21.3. The highest BCUT2D eigenvalue weighted by atomic mass is 16.3. The molecule has 0 bridgehead atoms. The Morgan fingerprint density at radius 2 is 1.08 bits per heavy atom. The van der Waals surface area contributed by atoms with Gasteiger partial charge < -0.3 is 18.7 Å². The van der Waals surface area contributed by atoms with Crippen LogP contribution >= 0.6 is 0 Å². The lowest BCUT2D eigenvalue weighted by atomic mass is 10.0. The average Bonchev–Trinajstić information content (AvgIpc) is 4.02. The Kier molecular flexibility index (Phi) is 7.07. The maximum absolute atomic E-state index is 6.83. The SMILES string of the molecule is c1ccc2cc(C3N=C(c4cccc5oc6ccccc6c45)N=C(c4cc(-n5c6cc7ccccc7cc6c6ccc7ccccc7c65)c5c(c4)oc4ccccc45)N3)ccc2c1. The Bertz CT molecular complexity index is 4150. The van der Waals surface area contributed by atoms with E-state index in [1.807, 2.05) is 30.3 Å². The van der Waals surface area contributed by atoms with E-state index in [2.05, 4.69) is 174 Å². The molecule has 0 amide bonds. The van der Waals surface area contributed by atoms with Gasteiger partial charge >= 0.3 is 0 Å². The van der Waals surface area contributed by atoms with E-state index in [-0.39, 0.29) is 0 Å². The van der Waals surface area contributed by atoms with Gasteiger partial charge in [0.25, 0.3) is 0 Å². The van der Waals surface area contributed by atoms with E-state index >= 15 is 0 Å². The van der Waals surface area contributed by atoms with Crippen LogP contribution in [0.15, 0.2) is 213 Å². The number of fused-ring (bicyclic) bond motifs is 13. The molecule has 0 fully saturated rings. The molecule has 0 saturated carbocycles. The van der Waals surface area contributed by atoms with Gasteiger partial charge in [0.15, 0.2) is 5.84 Å². The number of amidine groups is 2. The molecule has 1 aliphatic rings. The summed E-state index contributed by atoms with van der Waals surface area (Å²) in [6.45, 7) is 0. The molecule has 0 saturated heterocycles. The third-order valence-electron chi connectivity index (χ3n) is 13.0. The van der Waals surface area contributed by atoms with E-state index in [1.54, 1.807) is 0 Å². The van der Waals surface area contributed by atoms with Crippen molar-refractivity contribution in [2.45, 2.75) is 6.17 Å². The Labute approximate surface area is 359 Å². The van der Waals surface area contributed by atoms with Gasteiger partial charge in [0, 0.05) is 43.4 Å². The lowest BCUT2D eigenvalue weighted by molar-refractivity contribution is 0.666. The van der Waals surface area contributed by atoms with E-state index in [0.29, 0.717) is 11.7 Å². The zero-order valence-electron chi connectivity index (χ0n) is 33.7. The van der Waals surface area contributed by atoms with Crippen LogP contribution in [0.4, 0.5) is 0 Å². The summed E-state index contributed by atoms with van der Waals surface area (Å²) < 4.78 is 15.7. The second-order valence-corrected chi connectivity index (χ2v) is 16.5. The maximum atomic E-state index is 6.83. The molecule has 6 heteroatoms. The molecule has 1 aliphatic heterocycles. The second-order valence-electron chi connectivity index (χ2n) is 16.5. The number of nitrogens with one attached hydrogen (secondary N) is 1. The fraction of sp³-hybridized carbons (Fsp3) is 0.0175. The van der Waals surface area contributed by atoms with Crippen LogP contribution < -0.4 is 5.32 Å². The number of hydrogen-bond donors (Lipinski definition) is 1. The van der Waals surface area contributed by atoms with Crippen molar-refractivity contribution in [3.63, 3.8) is 0 Å². The van der Waals surface area contributed by atoms with Crippen LogP contribution in [-0.2, 0) is 0 Å². The molecule has 3 aromatic heterocycles. The van der Waals surface area contributed by atoms with Gasteiger partial charge in [-0.25, -0.2) is 9.98 Å². The minimum Gasteiger partial charge on any atom is -0.456 e. The van der Waals surface area contributed by atoms with Crippen LogP contribution in [0.3, 0.4) is 0 Å². The summed E-state index contributed by atoms with van der Waals surface area (Å²) in [6, 6.07) is 68.7. The lowest BCUT2D eigenvalue weighted by Gasteiger charge is -2.24. The summed E-state index contributed by atoms with van der Waals surface area (Å²) >= 11 is 0. The average molecular weight is 807 g/mol. The number of rotatable bonds is 4. The molecule has 0 radical (unpaired) electrons. The predicted octanol–water partition coefficient (Wildman–Crippen LogP) is 14.5. The van der Waals surface area contributed by atoms with Crippen molar-refractivity contribution in [2.75, 3.05) is 0 Å². The standard InChI is InChI=1S/C57H34N4O2/c1-2-14-35-28-38(25-24-33(35)12-1)55-58-56(60-57(59-55)44-20-11-23-50-52(44)42-18-7-9-21-48(42)62-50)39-31-47(53-43-19-8-10-22-49(43)63-51(53)32-39)61-46-30-37-16-4-3-15-36(37)29-45(46)41-27-26-34-13-5-6-17-40(34)54(41)61/h1-32,55H,(H,58,59,60). The number of benzene rings is 10. The quantitative estimate of drug-likeness (QED) is 0.193. The molecule has 0 aliphatic carbocycles. The number of aliphatic imine (C=N–C) groups is 2. The largest absolute Gasteiger partial charge is 0.456 e. The topological polar surface area (TPSA) is 68.0 Å². The third kappa shape index (κ3) is 5.12. The number of nitrogens with zero attached hydrogens (tertiary/aromatic N) is 3. The number of hydrogen-bond acceptors (Lipinski definition) is 5. The maximum Gasteiger partial charge on any atom is 0.160 e. The molecule has 294 valence electrons. The van der Waals surface area contributed by atoms with Crippen LogP contribution in [0, 0.1) is 0 Å². The lowest BCUT2D eigenvalue weighted by Crippen LogP contribution is -2.33. The van der Waals surface area contributed by atoms with Crippen molar-refractivity contribution < 1.29 is 8.83 Å². The second kappa shape index (κ2) is 13.0. The van der Waals surface area contributed by atoms with Gasteiger partial charge in [0.2, 0.25) is 0 Å². The zero-order valence-corrected chi connectivity index (χ0v) is 33.7. The van der Waals surface area contributed by atoms with Crippen molar-refractivity contribution in [3.8, 4) is 5.69 Å². The highest BCUT2D eigenvalue weighted by molar-refractivity contribution is 6.25. The molecular formula is C57H34N4O2. The smallest absolute Gasteiger partial charge is 0.160 e. The highest BCUT2D eigenvalue weighted by Gasteiger charge is 2.27. The Morgan fingerprint density at radius 1 is 0.444 bits per heavy atom. The number of aromatic nitrogens is 1. The molecule has 13 aromatic rings. The molecule has 10 aromatic carbocycles. The molecule has 1 atom stereocenters. The van der Waals surface area contributed by atoms with Gasteiger partial charge in [-0.3, -0.25) is 0 Å². The molecule has 6 nitrogen and oxygen atoms in total. The van der Waals surface area contributed by atoms with Gasteiger partial charge in [-0.1, -0.05) is 146 Å². The van der Waals surface area contributed by atoms with Gasteiger partial charge in [-0.2, -0.15) is 0 Å². The molecule has 14 rings (SSSR count). The molecule has 4 heterocycles. The fourth-order valence-electron chi connectivity index (χ4n) is 10.1. The molecular weight excluding hydrogens is 773 g/mol. The first-order valence-corrected chi connectivity index (χ1v) is 21.3. The van der Waals surface area contributed by atoms with E-state index in [1.165, 1.54) is 37.7 Å². The first kappa shape index (κ1) is 34.3. The fourth-order valence-corrected chi connectivity index (χ4v) is 10.1. The zero-order chi connectivity index (χ0) is 41.2. The number of para-hydroxylation sites is 2. The molecule has 1 unspecified atom stereocenters. The summed E-state index contributed by atoms with van der Waals surface area (Å²) in [7, 11) is 0. The summed E-state index contributed by atoms with van der Waals surface area (Å²) in [5, 5.41) is 17.4. The van der Waals surface area contributed by atoms with Crippen molar-refractivity contribution in [1.82, 2.24) is 9.88 Å². The minimum absolute atomic E-state index is 0.441. The van der Waals surface area contributed by atoms with Crippen LogP contribution in [0.5, 0.6) is 0 Å². The minimum atomic E-state index is -0.441. The monoisotopic (exact) mass is 806 g/mol. The third-order valence-corrected chi connectivity index (χ3v) is 13.0. The van der Waals surface area contributed by atoms with Crippen LogP contribution in [-0.4, -0.2) is 16.2 Å². The Balaban J connectivity index is 1.07. The van der Waals surface area contributed by atoms with E-state index in [4.69, 9.17) is 18.8 Å². The van der Waals surface area contributed by atoms with Gasteiger partial charge in [0.05, 0.1) is 22.1 Å². The van der Waals surface area contributed by atoms with Gasteiger partial charge in [-0.15, -0.1) is 0 Å². The molecule has 1 N–H and O–H groups in total. The molecule has 63 heavy (non-hydrogen) atoms. The predicted molar refractivity (Wildman–Crippen MR) is 260 cm³/mol. The van der Waals surface area contributed by atoms with Crippen LogP contribution in [0.25, 0.3) is 104 Å². The van der Waals surface area contributed by atoms with Crippen LogP contribution in [0.1, 0.15) is 22.9 Å². The summed E-state index contributed by atoms with van der Waals surface area (Å²) in [5.41, 5.74) is 9.35. The first-order chi connectivity index (χ1) is 31.2. The van der Waals surface area contributed by atoms with E-state index in [9.17, 15) is 0 Å². The summed E-state index contributed by atoms with van der Waals surface area (Å²) in [4.78, 5) is 10.9. The normalized spacial score (nSPS) is 14.5. The number of furan rings is 2.